The molecule has 0 saturated carbocycles. The van der Waals surface area contributed by atoms with E-state index in [2.05, 4.69) is 15.2 Å². The van der Waals surface area contributed by atoms with Crippen LogP contribution in [0.1, 0.15) is 5.82 Å². The van der Waals surface area contributed by atoms with Gasteiger partial charge in [-0.1, -0.05) is 34.8 Å². The van der Waals surface area contributed by atoms with Crippen molar-refractivity contribution in [1.82, 2.24) is 15.2 Å². The molecule has 0 fully saturated rings. The highest BCUT2D eigenvalue weighted by molar-refractivity contribution is 7.98. The van der Waals surface area contributed by atoms with Gasteiger partial charge in [-0.15, -0.1) is 11.8 Å². The fraction of sp³-hybridized carbons (Fsp3) is 0.0667. The lowest BCUT2D eigenvalue weighted by molar-refractivity contribution is 1.03. The van der Waals surface area contributed by atoms with Crippen molar-refractivity contribution in [3.8, 4) is 11.4 Å². The van der Waals surface area contributed by atoms with Gasteiger partial charge in [0.25, 0.3) is 0 Å². The molecule has 1 aromatic heterocycles. The Morgan fingerprint density at radius 1 is 0.955 bits per heavy atom. The van der Waals surface area contributed by atoms with E-state index < -0.39 is 0 Å². The van der Waals surface area contributed by atoms with Gasteiger partial charge in [0.05, 0.1) is 15.8 Å². The smallest absolute Gasteiger partial charge is 0.181 e. The molecule has 0 bridgehead atoms. The maximum absolute atomic E-state index is 6.01. The Hall–Kier alpha value is -1.20. The van der Waals surface area contributed by atoms with Crippen LogP contribution in [0.5, 0.6) is 0 Å². The first-order chi connectivity index (χ1) is 10.6. The Balaban J connectivity index is 1.70. The second kappa shape index (κ2) is 6.92. The zero-order valence-corrected chi connectivity index (χ0v) is 14.3. The lowest BCUT2D eigenvalue weighted by Crippen LogP contribution is -1.84. The molecular formula is C15H10Cl3N3S. The summed E-state index contributed by atoms with van der Waals surface area (Å²) in [7, 11) is 0. The van der Waals surface area contributed by atoms with Gasteiger partial charge in [0.2, 0.25) is 0 Å². The molecule has 22 heavy (non-hydrogen) atoms. The van der Waals surface area contributed by atoms with Crippen LogP contribution in [0.2, 0.25) is 15.1 Å². The minimum atomic E-state index is 0.487. The third-order valence-electron chi connectivity index (χ3n) is 2.90. The van der Waals surface area contributed by atoms with E-state index in [1.54, 1.807) is 23.9 Å². The van der Waals surface area contributed by atoms with Gasteiger partial charge >= 0.3 is 0 Å². The van der Waals surface area contributed by atoms with Crippen molar-refractivity contribution in [3.63, 3.8) is 0 Å². The molecule has 0 aliphatic carbocycles. The molecule has 1 heterocycles. The summed E-state index contributed by atoms with van der Waals surface area (Å²) in [6.45, 7) is 0. The van der Waals surface area contributed by atoms with Crippen molar-refractivity contribution < 1.29 is 0 Å². The summed E-state index contributed by atoms with van der Waals surface area (Å²) >= 11 is 19.4. The third kappa shape index (κ3) is 3.76. The second-order valence-corrected chi connectivity index (χ2v) is 6.78. The van der Waals surface area contributed by atoms with Gasteiger partial charge in [-0.3, -0.25) is 5.10 Å². The van der Waals surface area contributed by atoms with Gasteiger partial charge in [0.15, 0.2) is 5.82 Å². The molecule has 3 aromatic rings. The Bertz CT molecular complexity index is 787. The summed E-state index contributed by atoms with van der Waals surface area (Å²) in [4.78, 5) is 5.59. The van der Waals surface area contributed by atoms with Crippen molar-refractivity contribution in [3.05, 3.63) is 63.4 Å². The Kier molecular flexibility index (Phi) is 4.93. The zero-order chi connectivity index (χ0) is 15.5. The highest BCUT2D eigenvalue weighted by Crippen LogP contribution is 2.28. The van der Waals surface area contributed by atoms with Crippen LogP contribution in [-0.4, -0.2) is 15.2 Å². The van der Waals surface area contributed by atoms with Gasteiger partial charge in [-0.25, -0.2) is 4.98 Å². The molecule has 0 radical (unpaired) electrons. The first kappa shape index (κ1) is 15.7. The average molecular weight is 371 g/mol. The molecule has 0 amide bonds. The lowest BCUT2D eigenvalue weighted by Gasteiger charge is -1.99. The quantitative estimate of drug-likeness (QED) is 0.597. The largest absolute Gasteiger partial charge is 0.262 e. The summed E-state index contributed by atoms with van der Waals surface area (Å²) in [6.07, 6.45) is 0. The maximum Gasteiger partial charge on any atom is 0.181 e. The van der Waals surface area contributed by atoms with Gasteiger partial charge in [-0.05, 0) is 42.5 Å². The van der Waals surface area contributed by atoms with Gasteiger partial charge < -0.3 is 0 Å². The van der Waals surface area contributed by atoms with Crippen LogP contribution in [0.25, 0.3) is 11.4 Å². The van der Waals surface area contributed by atoms with E-state index >= 15 is 0 Å². The number of nitrogens with zero attached hydrogens (tertiary/aromatic N) is 2. The van der Waals surface area contributed by atoms with Crippen LogP contribution in [-0.2, 0) is 5.75 Å². The maximum atomic E-state index is 6.01. The molecule has 1 N–H and O–H groups in total. The first-order valence-corrected chi connectivity index (χ1v) is 8.49. The Morgan fingerprint density at radius 2 is 1.73 bits per heavy atom. The molecule has 2 aromatic carbocycles. The summed E-state index contributed by atoms with van der Waals surface area (Å²) in [5.41, 5.74) is 0.827. The number of nitrogens with one attached hydrogen (secondary N) is 1. The summed E-state index contributed by atoms with van der Waals surface area (Å²) < 4.78 is 0. The highest BCUT2D eigenvalue weighted by atomic mass is 35.5. The van der Waals surface area contributed by atoms with Crippen LogP contribution in [0.4, 0.5) is 0 Å². The molecule has 112 valence electrons. The molecule has 3 nitrogen and oxygen atoms in total. The number of thioether (sulfide) groups is 1. The van der Waals surface area contributed by atoms with Crippen LogP contribution in [0, 0.1) is 0 Å². The molecule has 3 rings (SSSR count). The number of aromatic nitrogens is 3. The van der Waals surface area contributed by atoms with E-state index in [9.17, 15) is 0 Å². The molecule has 0 aliphatic rings. The van der Waals surface area contributed by atoms with Gasteiger partial charge in [-0.2, -0.15) is 5.10 Å². The van der Waals surface area contributed by atoms with Crippen LogP contribution >= 0.6 is 46.6 Å². The number of hydrogen-bond acceptors (Lipinski definition) is 3. The van der Waals surface area contributed by atoms with E-state index in [0.717, 1.165) is 21.3 Å². The molecule has 0 spiro atoms. The van der Waals surface area contributed by atoms with E-state index in [4.69, 9.17) is 34.8 Å². The predicted molar refractivity (Wildman–Crippen MR) is 92.9 cm³/mol. The number of H-pyrrole nitrogens is 1. The fourth-order valence-electron chi connectivity index (χ4n) is 1.81. The van der Waals surface area contributed by atoms with Crippen LogP contribution in [0.15, 0.2) is 47.4 Å². The van der Waals surface area contributed by atoms with Crippen molar-refractivity contribution in [1.29, 1.82) is 0 Å². The van der Waals surface area contributed by atoms with Crippen molar-refractivity contribution in [2.24, 2.45) is 0 Å². The van der Waals surface area contributed by atoms with Crippen molar-refractivity contribution in [2.45, 2.75) is 10.6 Å². The Labute approximate surface area is 147 Å². The predicted octanol–water partition coefficient (Wildman–Crippen LogP) is 5.72. The van der Waals surface area contributed by atoms with Gasteiger partial charge in [0.1, 0.15) is 5.82 Å². The van der Waals surface area contributed by atoms with Crippen LogP contribution in [0.3, 0.4) is 0 Å². The number of hydrogen-bond donors (Lipinski definition) is 1. The number of benzene rings is 2. The average Bonchev–Trinajstić information content (AvgIpc) is 2.98. The Morgan fingerprint density at radius 3 is 2.45 bits per heavy atom. The SMILES string of the molecule is Clc1ccc(SCc2nc(-c3ccc(Cl)c(Cl)c3)n[nH]2)cc1. The van der Waals surface area contributed by atoms with Crippen molar-refractivity contribution in [2.75, 3.05) is 0 Å². The van der Waals surface area contributed by atoms with Gasteiger partial charge in [0, 0.05) is 15.5 Å². The number of rotatable bonds is 4. The first-order valence-electron chi connectivity index (χ1n) is 6.37. The fourth-order valence-corrected chi connectivity index (χ4v) is 2.99. The molecule has 7 heteroatoms. The summed E-state index contributed by atoms with van der Waals surface area (Å²) in [6, 6.07) is 13.0. The second-order valence-electron chi connectivity index (χ2n) is 4.48. The molecule has 0 aliphatic heterocycles. The van der Waals surface area contributed by atoms with E-state index in [1.807, 2.05) is 30.3 Å². The normalized spacial score (nSPS) is 10.9. The molecule has 0 saturated heterocycles. The van der Waals surface area contributed by atoms with Crippen molar-refractivity contribution >= 4 is 46.6 Å². The minimum Gasteiger partial charge on any atom is -0.262 e. The van der Waals surface area contributed by atoms with E-state index in [-0.39, 0.29) is 0 Å². The molecule has 0 atom stereocenters. The number of aromatic amines is 1. The molecule has 0 unspecified atom stereocenters. The highest BCUT2D eigenvalue weighted by Gasteiger charge is 2.08. The molecular weight excluding hydrogens is 361 g/mol. The number of halogens is 3. The standard InChI is InChI=1S/C15H10Cl3N3S/c16-10-2-4-11(5-3-10)22-8-14-19-15(21-20-14)9-1-6-12(17)13(18)7-9/h1-7H,8H2,(H,19,20,21). The van der Waals surface area contributed by atoms with E-state index in [0.29, 0.717) is 21.6 Å². The van der Waals surface area contributed by atoms with E-state index in [1.165, 1.54) is 0 Å². The minimum absolute atomic E-state index is 0.487. The summed E-state index contributed by atoms with van der Waals surface area (Å²) in [5, 5.41) is 8.88. The lowest BCUT2D eigenvalue weighted by atomic mass is 10.2. The monoisotopic (exact) mass is 369 g/mol. The summed E-state index contributed by atoms with van der Waals surface area (Å²) in [5.74, 6) is 2.09. The third-order valence-corrected chi connectivity index (χ3v) is 4.91. The topological polar surface area (TPSA) is 41.6 Å². The van der Waals surface area contributed by atoms with Crippen LogP contribution < -0.4 is 0 Å². The zero-order valence-electron chi connectivity index (χ0n) is 11.2.